The number of ether oxygens (including phenoxy) is 2. The molecule has 0 aliphatic heterocycles. The zero-order valence-electron chi connectivity index (χ0n) is 16.4. The molecule has 0 amide bonds. The summed E-state index contributed by atoms with van der Waals surface area (Å²) in [6.07, 6.45) is 3.50. The number of nitriles is 1. The van der Waals surface area contributed by atoms with Crippen molar-refractivity contribution < 1.29 is 9.47 Å². The minimum atomic E-state index is -0.0969. The van der Waals surface area contributed by atoms with Gasteiger partial charge in [-0.15, -0.1) is 0 Å². The molecule has 0 fully saturated rings. The van der Waals surface area contributed by atoms with Crippen LogP contribution in [-0.4, -0.2) is 23.3 Å². The number of benzene rings is 2. The van der Waals surface area contributed by atoms with Crippen molar-refractivity contribution in [3.8, 4) is 28.7 Å². The van der Waals surface area contributed by atoms with E-state index in [9.17, 15) is 4.79 Å². The van der Waals surface area contributed by atoms with Crippen LogP contribution in [0.2, 0.25) is 0 Å². The van der Waals surface area contributed by atoms with E-state index in [1.54, 1.807) is 42.1 Å². The number of hydrogen-bond donors (Lipinski definition) is 0. The maximum atomic E-state index is 12.3. The summed E-state index contributed by atoms with van der Waals surface area (Å²) in [5, 5.41) is 9.83. The average molecular weight is 397 g/mol. The molecule has 30 heavy (non-hydrogen) atoms. The summed E-state index contributed by atoms with van der Waals surface area (Å²) in [4.78, 5) is 16.6. The molecule has 2 heterocycles. The zero-order chi connectivity index (χ0) is 20.9. The van der Waals surface area contributed by atoms with Gasteiger partial charge in [0, 0.05) is 29.9 Å². The molecule has 4 aromatic rings. The lowest BCUT2D eigenvalue weighted by Crippen LogP contribution is -2.21. The van der Waals surface area contributed by atoms with Crippen molar-refractivity contribution in [2.75, 3.05) is 13.7 Å². The first-order chi connectivity index (χ1) is 14.7. The number of rotatable bonds is 6. The molecule has 0 saturated heterocycles. The maximum Gasteiger partial charge on any atom is 0.250 e. The van der Waals surface area contributed by atoms with Crippen LogP contribution in [0.3, 0.4) is 0 Å². The highest BCUT2D eigenvalue weighted by atomic mass is 16.5. The van der Waals surface area contributed by atoms with Crippen molar-refractivity contribution >= 4 is 10.9 Å². The van der Waals surface area contributed by atoms with E-state index in [1.807, 2.05) is 42.6 Å². The van der Waals surface area contributed by atoms with E-state index < -0.39 is 0 Å². The minimum Gasteiger partial charge on any atom is -0.497 e. The Kier molecular flexibility index (Phi) is 5.44. The van der Waals surface area contributed by atoms with Gasteiger partial charge in [0.05, 0.1) is 30.8 Å². The van der Waals surface area contributed by atoms with Crippen LogP contribution >= 0.6 is 0 Å². The van der Waals surface area contributed by atoms with Gasteiger partial charge in [0.2, 0.25) is 0 Å². The van der Waals surface area contributed by atoms with Gasteiger partial charge in [-0.25, -0.2) is 0 Å². The van der Waals surface area contributed by atoms with E-state index in [0.29, 0.717) is 24.5 Å². The topological polar surface area (TPSA) is 77.1 Å². The quantitative estimate of drug-likeness (QED) is 0.491. The van der Waals surface area contributed by atoms with Crippen molar-refractivity contribution in [2.45, 2.75) is 6.54 Å². The van der Waals surface area contributed by atoms with E-state index in [-0.39, 0.29) is 5.56 Å². The molecule has 0 aliphatic carbocycles. The van der Waals surface area contributed by atoms with Gasteiger partial charge >= 0.3 is 0 Å². The van der Waals surface area contributed by atoms with E-state index in [1.165, 1.54) is 0 Å². The summed E-state index contributed by atoms with van der Waals surface area (Å²) in [5.74, 6) is 1.44. The van der Waals surface area contributed by atoms with Crippen molar-refractivity contribution in [3.05, 3.63) is 89.0 Å². The first-order valence-corrected chi connectivity index (χ1v) is 9.44. The summed E-state index contributed by atoms with van der Waals surface area (Å²) >= 11 is 0. The number of aromatic nitrogens is 2. The molecule has 0 atom stereocenters. The predicted molar refractivity (Wildman–Crippen MR) is 115 cm³/mol. The molecular weight excluding hydrogens is 378 g/mol. The molecule has 0 bridgehead atoms. The Bertz CT molecular complexity index is 1290. The second-order valence-electron chi connectivity index (χ2n) is 6.68. The molecule has 6 heteroatoms. The Morgan fingerprint density at radius 1 is 1.03 bits per heavy atom. The maximum absolute atomic E-state index is 12.3. The molecule has 0 radical (unpaired) electrons. The standard InChI is InChI=1S/C24H19N3O3/c1-29-20-7-8-21-22(14-20)26-11-10-23(21)30-13-12-27-16-19(6-9-24(27)28)18-4-2-17(15-25)3-5-18/h2-11,14,16H,12-13H2,1H3. The Morgan fingerprint density at radius 3 is 2.60 bits per heavy atom. The molecule has 0 unspecified atom stereocenters. The summed E-state index contributed by atoms with van der Waals surface area (Å²) in [6, 6.07) is 20.1. The molecule has 4 rings (SSSR count). The normalized spacial score (nSPS) is 10.5. The summed E-state index contributed by atoms with van der Waals surface area (Å²) < 4.78 is 12.8. The SMILES string of the molecule is COc1ccc2c(OCCn3cc(-c4ccc(C#N)cc4)ccc3=O)ccnc2c1. The Labute approximate surface area is 173 Å². The molecule has 0 saturated carbocycles. The summed E-state index contributed by atoms with van der Waals surface area (Å²) in [5.41, 5.74) is 3.13. The predicted octanol–water partition coefficient (Wildman–Crippen LogP) is 4.02. The van der Waals surface area contributed by atoms with Crippen LogP contribution in [0.1, 0.15) is 5.56 Å². The number of hydrogen-bond acceptors (Lipinski definition) is 5. The number of nitrogens with zero attached hydrogens (tertiary/aromatic N) is 3. The van der Waals surface area contributed by atoms with Crippen LogP contribution in [0.5, 0.6) is 11.5 Å². The lowest BCUT2D eigenvalue weighted by molar-refractivity contribution is 0.299. The molecular formula is C24H19N3O3. The van der Waals surface area contributed by atoms with E-state index in [2.05, 4.69) is 11.1 Å². The highest BCUT2D eigenvalue weighted by Crippen LogP contribution is 2.27. The Morgan fingerprint density at radius 2 is 1.83 bits per heavy atom. The van der Waals surface area contributed by atoms with Crippen LogP contribution in [-0.2, 0) is 6.54 Å². The van der Waals surface area contributed by atoms with E-state index >= 15 is 0 Å². The van der Waals surface area contributed by atoms with E-state index in [4.69, 9.17) is 14.7 Å². The number of methoxy groups -OCH3 is 1. The highest BCUT2D eigenvalue weighted by molar-refractivity contribution is 5.85. The lowest BCUT2D eigenvalue weighted by atomic mass is 10.1. The number of fused-ring (bicyclic) bond motifs is 1. The minimum absolute atomic E-state index is 0.0969. The van der Waals surface area contributed by atoms with Crippen molar-refractivity contribution in [1.82, 2.24) is 9.55 Å². The summed E-state index contributed by atoms with van der Waals surface area (Å²) in [7, 11) is 1.62. The largest absolute Gasteiger partial charge is 0.497 e. The fourth-order valence-corrected chi connectivity index (χ4v) is 3.22. The molecule has 2 aromatic heterocycles. The third-order valence-electron chi connectivity index (χ3n) is 4.83. The zero-order valence-corrected chi connectivity index (χ0v) is 16.4. The lowest BCUT2D eigenvalue weighted by Gasteiger charge is -2.12. The van der Waals surface area contributed by atoms with Gasteiger partial charge < -0.3 is 14.0 Å². The highest BCUT2D eigenvalue weighted by Gasteiger charge is 2.06. The fourth-order valence-electron chi connectivity index (χ4n) is 3.22. The van der Waals surface area contributed by atoms with Crippen LogP contribution in [0.4, 0.5) is 0 Å². The van der Waals surface area contributed by atoms with Gasteiger partial charge in [-0.1, -0.05) is 12.1 Å². The van der Waals surface area contributed by atoms with Gasteiger partial charge in [0.15, 0.2) is 0 Å². The van der Waals surface area contributed by atoms with Crippen LogP contribution in [0, 0.1) is 11.3 Å². The van der Waals surface area contributed by atoms with Gasteiger partial charge in [-0.3, -0.25) is 9.78 Å². The van der Waals surface area contributed by atoms with Gasteiger partial charge in [0.25, 0.3) is 5.56 Å². The monoisotopic (exact) mass is 397 g/mol. The fraction of sp³-hybridized carbons (Fsp3) is 0.125. The molecule has 0 aliphatic rings. The number of pyridine rings is 2. The van der Waals surface area contributed by atoms with E-state index in [0.717, 1.165) is 27.8 Å². The smallest absolute Gasteiger partial charge is 0.250 e. The van der Waals surface area contributed by atoms with Crippen molar-refractivity contribution in [2.24, 2.45) is 0 Å². The summed E-state index contributed by atoms with van der Waals surface area (Å²) in [6.45, 7) is 0.741. The first kappa shape index (κ1) is 19.2. The molecule has 6 nitrogen and oxygen atoms in total. The van der Waals surface area contributed by atoms with Crippen molar-refractivity contribution in [1.29, 1.82) is 5.26 Å². The van der Waals surface area contributed by atoms with Crippen molar-refractivity contribution in [3.63, 3.8) is 0 Å². The first-order valence-electron chi connectivity index (χ1n) is 9.44. The Balaban J connectivity index is 1.51. The second kappa shape index (κ2) is 8.50. The third kappa shape index (κ3) is 4.01. The molecule has 2 aromatic carbocycles. The molecule has 0 spiro atoms. The van der Waals surface area contributed by atoms with Crippen LogP contribution < -0.4 is 15.0 Å². The molecule has 0 N–H and O–H groups in total. The van der Waals surface area contributed by atoms with Crippen LogP contribution in [0.15, 0.2) is 77.9 Å². The van der Waals surface area contributed by atoms with Crippen LogP contribution in [0.25, 0.3) is 22.0 Å². The van der Waals surface area contributed by atoms with Gasteiger partial charge in [-0.2, -0.15) is 5.26 Å². The third-order valence-corrected chi connectivity index (χ3v) is 4.83. The molecule has 148 valence electrons. The second-order valence-corrected chi connectivity index (χ2v) is 6.68. The van der Waals surface area contributed by atoms with Gasteiger partial charge in [0.1, 0.15) is 18.1 Å². The van der Waals surface area contributed by atoms with Gasteiger partial charge in [-0.05, 0) is 47.5 Å². The average Bonchev–Trinajstić information content (AvgIpc) is 2.80. The Hall–Kier alpha value is -4.11.